The van der Waals surface area contributed by atoms with Gasteiger partial charge in [-0.05, 0) is 31.4 Å². The summed E-state index contributed by atoms with van der Waals surface area (Å²) in [7, 11) is 3.04. The highest BCUT2D eigenvalue weighted by Gasteiger charge is 2.42. The summed E-state index contributed by atoms with van der Waals surface area (Å²) in [4.78, 5) is 25.5. The Kier molecular flexibility index (Phi) is 5.49. The molecule has 1 aliphatic carbocycles. The van der Waals surface area contributed by atoms with Crippen LogP contribution in [0.5, 0.6) is 11.5 Å². The van der Waals surface area contributed by atoms with Crippen molar-refractivity contribution in [3.05, 3.63) is 53.6 Å². The van der Waals surface area contributed by atoms with Crippen molar-refractivity contribution in [1.82, 2.24) is 0 Å². The third kappa shape index (κ3) is 3.54. The lowest BCUT2D eigenvalue weighted by Crippen LogP contribution is -2.38. The van der Waals surface area contributed by atoms with Gasteiger partial charge in [0.2, 0.25) is 5.91 Å². The van der Waals surface area contributed by atoms with Crippen LogP contribution in [0.15, 0.2) is 42.5 Å². The number of anilines is 1. The first-order chi connectivity index (χ1) is 13.0. The van der Waals surface area contributed by atoms with E-state index in [-0.39, 0.29) is 11.7 Å². The van der Waals surface area contributed by atoms with E-state index in [1.54, 1.807) is 12.1 Å². The van der Waals surface area contributed by atoms with Gasteiger partial charge in [-0.3, -0.25) is 9.59 Å². The van der Waals surface area contributed by atoms with Gasteiger partial charge in [-0.25, -0.2) is 0 Å². The molecule has 27 heavy (non-hydrogen) atoms. The molecular formula is C22H25NO4. The first-order valence-electron chi connectivity index (χ1n) is 9.16. The summed E-state index contributed by atoms with van der Waals surface area (Å²) in [5.41, 5.74) is 1.31. The third-order valence-electron chi connectivity index (χ3n) is 5.37. The first kappa shape index (κ1) is 19.0. The molecule has 0 spiro atoms. The molecule has 2 aromatic rings. The zero-order chi connectivity index (χ0) is 19.4. The zero-order valence-corrected chi connectivity index (χ0v) is 16.0. The van der Waals surface area contributed by atoms with E-state index in [0.29, 0.717) is 22.7 Å². The average molecular weight is 367 g/mol. The summed E-state index contributed by atoms with van der Waals surface area (Å²) < 4.78 is 10.6. The number of hydrogen-bond donors (Lipinski definition) is 1. The smallest absolute Gasteiger partial charge is 0.235 e. The molecule has 0 bridgehead atoms. The van der Waals surface area contributed by atoms with E-state index in [1.165, 1.54) is 21.1 Å². The fraction of sp³-hybridized carbons (Fsp3) is 0.364. The molecule has 0 aromatic heterocycles. The lowest BCUT2D eigenvalue weighted by atomic mass is 9.78. The Morgan fingerprint density at radius 3 is 2.11 bits per heavy atom. The Morgan fingerprint density at radius 2 is 1.56 bits per heavy atom. The molecule has 0 unspecified atom stereocenters. The molecule has 1 aliphatic rings. The SMILES string of the molecule is COc1cc(NC(=O)C2(c3ccccc3)CCCC2)c(C(C)=O)cc1OC. The van der Waals surface area contributed by atoms with Crippen LogP contribution in [-0.2, 0) is 10.2 Å². The maximum Gasteiger partial charge on any atom is 0.235 e. The standard InChI is InChI=1S/C22H25NO4/c1-15(24)17-13-19(26-2)20(27-3)14-18(17)23-21(25)22(11-7-8-12-22)16-9-5-4-6-10-16/h4-6,9-10,13-14H,7-8,11-12H2,1-3H3,(H,23,25). The number of rotatable bonds is 6. The second-order valence-corrected chi connectivity index (χ2v) is 6.92. The molecular weight excluding hydrogens is 342 g/mol. The Bertz CT molecular complexity index is 839. The van der Waals surface area contributed by atoms with Gasteiger partial charge >= 0.3 is 0 Å². The highest BCUT2D eigenvalue weighted by molar-refractivity contribution is 6.07. The van der Waals surface area contributed by atoms with E-state index in [4.69, 9.17) is 9.47 Å². The van der Waals surface area contributed by atoms with Crippen molar-refractivity contribution in [3.8, 4) is 11.5 Å². The molecule has 1 amide bonds. The molecule has 0 aliphatic heterocycles. The van der Waals surface area contributed by atoms with Crippen LogP contribution in [-0.4, -0.2) is 25.9 Å². The molecule has 0 atom stereocenters. The van der Waals surface area contributed by atoms with Crippen molar-refractivity contribution >= 4 is 17.4 Å². The van der Waals surface area contributed by atoms with Gasteiger partial charge in [0.25, 0.3) is 0 Å². The van der Waals surface area contributed by atoms with Crippen LogP contribution in [0.2, 0.25) is 0 Å². The number of hydrogen-bond acceptors (Lipinski definition) is 4. The average Bonchev–Trinajstić information content (AvgIpc) is 3.19. The fourth-order valence-corrected chi connectivity index (χ4v) is 3.90. The van der Waals surface area contributed by atoms with Crippen LogP contribution in [0.3, 0.4) is 0 Å². The minimum atomic E-state index is -0.567. The number of carbonyl (C=O) groups excluding carboxylic acids is 2. The van der Waals surface area contributed by atoms with Gasteiger partial charge in [0.05, 0.1) is 25.3 Å². The van der Waals surface area contributed by atoms with Gasteiger partial charge in [0.15, 0.2) is 17.3 Å². The van der Waals surface area contributed by atoms with Crippen molar-refractivity contribution in [1.29, 1.82) is 0 Å². The van der Waals surface area contributed by atoms with E-state index in [9.17, 15) is 9.59 Å². The largest absolute Gasteiger partial charge is 0.493 e. The predicted octanol–water partition coefficient (Wildman–Crippen LogP) is 4.36. The summed E-state index contributed by atoms with van der Waals surface area (Å²) in [6.07, 6.45) is 3.61. The second-order valence-electron chi connectivity index (χ2n) is 6.92. The van der Waals surface area contributed by atoms with Crippen molar-refractivity contribution < 1.29 is 19.1 Å². The molecule has 5 nitrogen and oxygen atoms in total. The summed E-state index contributed by atoms with van der Waals surface area (Å²) in [6, 6.07) is 13.1. The number of nitrogens with one attached hydrogen (secondary N) is 1. The highest BCUT2D eigenvalue weighted by atomic mass is 16.5. The Hall–Kier alpha value is -2.82. The lowest BCUT2D eigenvalue weighted by molar-refractivity contribution is -0.121. The van der Waals surface area contributed by atoms with Crippen LogP contribution in [0.4, 0.5) is 5.69 Å². The lowest BCUT2D eigenvalue weighted by Gasteiger charge is -2.29. The number of ketones is 1. The van der Waals surface area contributed by atoms with E-state index < -0.39 is 5.41 Å². The van der Waals surface area contributed by atoms with E-state index in [0.717, 1.165) is 31.2 Å². The number of methoxy groups -OCH3 is 2. The second kappa shape index (κ2) is 7.82. The third-order valence-corrected chi connectivity index (χ3v) is 5.37. The maximum absolute atomic E-state index is 13.4. The Labute approximate surface area is 159 Å². The molecule has 0 radical (unpaired) electrons. The highest BCUT2D eigenvalue weighted by Crippen LogP contribution is 2.43. The summed E-state index contributed by atoms with van der Waals surface area (Å²) in [5, 5.41) is 3.00. The minimum Gasteiger partial charge on any atom is -0.493 e. The Morgan fingerprint density at radius 1 is 0.963 bits per heavy atom. The van der Waals surface area contributed by atoms with Gasteiger partial charge in [-0.15, -0.1) is 0 Å². The number of carbonyl (C=O) groups is 2. The van der Waals surface area contributed by atoms with Crippen molar-refractivity contribution in [2.24, 2.45) is 0 Å². The fourth-order valence-electron chi connectivity index (χ4n) is 3.90. The van der Waals surface area contributed by atoms with E-state index in [1.807, 2.05) is 30.3 Å². The van der Waals surface area contributed by atoms with Gasteiger partial charge in [-0.1, -0.05) is 43.2 Å². The monoisotopic (exact) mass is 367 g/mol. The predicted molar refractivity (Wildman–Crippen MR) is 105 cm³/mol. The van der Waals surface area contributed by atoms with Gasteiger partial charge in [0.1, 0.15) is 0 Å². The van der Waals surface area contributed by atoms with Crippen molar-refractivity contribution in [2.45, 2.75) is 38.0 Å². The van der Waals surface area contributed by atoms with Gasteiger partial charge in [-0.2, -0.15) is 0 Å². The molecule has 0 heterocycles. The molecule has 142 valence electrons. The summed E-state index contributed by atoms with van der Waals surface area (Å²) in [6.45, 7) is 1.47. The van der Waals surface area contributed by atoms with E-state index >= 15 is 0 Å². The van der Waals surface area contributed by atoms with Crippen LogP contribution in [0, 0.1) is 0 Å². The first-order valence-corrected chi connectivity index (χ1v) is 9.16. The molecule has 1 fully saturated rings. The molecule has 5 heteroatoms. The molecule has 3 rings (SSSR count). The van der Waals surface area contributed by atoms with Crippen LogP contribution in [0.1, 0.15) is 48.5 Å². The summed E-state index contributed by atoms with van der Waals surface area (Å²) in [5.74, 6) is 0.699. The summed E-state index contributed by atoms with van der Waals surface area (Å²) >= 11 is 0. The maximum atomic E-state index is 13.4. The zero-order valence-electron chi connectivity index (χ0n) is 16.0. The molecule has 1 N–H and O–H groups in total. The van der Waals surface area contributed by atoms with Gasteiger partial charge in [0, 0.05) is 11.6 Å². The van der Waals surface area contributed by atoms with Crippen molar-refractivity contribution in [2.75, 3.05) is 19.5 Å². The number of benzene rings is 2. The normalized spacial score (nSPS) is 15.2. The van der Waals surface area contributed by atoms with E-state index in [2.05, 4.69) is 5.32 Å². The molecule has 1 saturated carbocycles. The molecule has 2 aromatic carbocycles. The quantitative estimate of drug-likeness (QED) is 0.771. The minimum absolute atomic E-state index is 0.0825. The van der Waals surface area contributed by atoms with Crippen molar-refractivity contribution in [3.63, 3.8) is 0 Å². The number of amides is 1. The van der Waals surface area contributed by atoms with Crippen LogP contribution in [0.25, 0.3) is 0 Å². The topological polar surface area (TPSA) is 64.6 Å². The number of ether oxygens (including phenoxy) is 2. The molecule has 0 saturated heterocycles. The Balaban J connectivity index is 2.00. The van der Waals surface area contributed by atoms with Crippen LogP contribution >= 0.6 is 0 Å². The number of Topliss-reactive ketones (excluding diaryl/α,β-unsaturated/α-hetero) is 1. The van der Waals surface area contributed by atoms with Gasteiger partial charge < -0.3 is 14.8 Å². The van der Waals surface area contributed by atoms with Crippen LogP contribution < -0.4 is 14.8 Å².